The molecule has 0 amide bonds. The molecule has 1 heterocycles. The molecule has 0 fully saturated rings. The summed E-state index contributed by atoms with van der Waals surface area (Å²) in [5, 5.41) is 10.7. The van der Waals surface area contributed by atoms with E-state index >= 15 is 0 Å². The molecule has 0 saturated carbocycles. The first-order valence-electron chi connectivity index (χ1n) is 6.53. The van der Waals surface area contributed by atoms with Crippen molar-refractivity contribution >= 4 is 11.9 Å². The van der Waals surface area contributed by atoms with Gasteiger partial charge in [0.15, 0.2) is 0 Å². The van der Waals surface area contributed by atoms with Gasteiger partial charge in [-0.1, -0.05) is 32.6 Å². The number of carbonyl (C=O) groups excluding carboxylic acids is 1. The Morgan fingerprint density at radius 2 is 2.26 bits per heavy atom. The highest BCUT2D eigenvalue weighted by Crippen LogP contribution is 2.27. The van der Waals surface area contributed by atoms with Gasteiger partial charge in [-0.05, 0) is 18.6 Å². The predicted molar refractivity (Wildman–Crippen MR) is 72.0 cm³/mol. The SMILES string of the molecule is CCCCCCC(C=O)C(=C[N+](=O)[O-])c1ccco1. The Morgan fingerprint density at radius 3 is 2.79 bits per heavy atom. The Balaban J connectivity index is 2.77. The van der Waals surface area contributed by atoms with Crippen molar-refractivity contribution in [3.63, 3.8) is 0 Å². The lowest BCUT2D eigenvalue weighted by Gasteiger charge is -2.10. The van der Waals surface area contributed by atoms with Crippen LogP contribution in [0.25, 0.3) is 5.57 Å². The molecule has 0 aliphatic carbocycles. The Bertz CT molecular complexity index is 423. The van der Waals surface area contributed by atoms with Crippen LogP contribution in [-0.4, -0.2) is 11.2 Å². The van der Waals surface area contributed by atoms with Crippen molar-refractivity contribution in [3.05, 3.63) is 40.5 Å². The average Bonchev–Trinajstić information content (AvgIpc) is 2.90. The molecule has 19 heavy (non-hydrogen) atoms. The van der Waals surface area contributed by atoms with E-state index < -0.39 is 10.8 Å². The molecule has 1 atom stereocenters. The Labute approximate surface area is 112 Å². The summed E-state index contributed by atoms with van der Waals surface area (Å²) in [5.41, 5.74) is 0.349. The van der Waals surface area contributed by atoms with E-state index in [-0.39, 0.29) is 0 Å². The third-order valence-corrected chi connectivity index (χ3v) is 2.98. The van der Waals surface area contributed by atoms with E-state index in [0.29, 0.717) is 17.8 Å². The van der Waals surface area contributed by atoms with Crippen LogP contribution in [-0.2, 0) is 4.79 Å². The molecule has 0 spiro atoms. The smallest absolute Gasteiger partial charge is 0.242 e. The molecule has 1 aromatic heterocycles. The van der Waals surface area contributed by atoms with Gasteiger partial charge in [0.1, 0.15) is 12.0 Å². The summed E-state index contributed by atoms with van der Waals surface area (Å²) >= 11 is 0. The molecular weight excluding hydrogens is 246 g/mol. The first-order chi connectivity index (χ1) is 9.19. The van der Waals surface area contributed by atoms with Crippen LogP contribution < -0.4 is 0 Å². The van der Waals surface area contributed by atoms with E-state index in [0.717, 1.165) is 38.2 Å². The van der Waals surface area contributed by atoms with Crippen LogP contribution in [0.15, 0.2) is 29.0 Å². The van der Waals surface area contributed by atoms with Gasteiger partial charge >= 0.3 is 0 Å². The van der Waals surface area contributed by atoms with Crippen molar-refractivity contribution < 1.29 is 14.1 Å². The standard InChI is InChI=1S/C14H19NO4/c1-2-3-4-5-7-12(11-16)13(10-15(17)18)14-8-6-9-19-14/h6,8-12H,2-5,7H2,1H3. The molecule has 5 heteroatoms. The number of carbonyl (C=O) groups is 1. The zero-order chi connectivity index (χ0) is 14.1. The summed E-state index contributed by atoms with van der Waals surface area (Å²) in [5.74, 6) is -0.0855. The zero-order valence-electron chi connectivity index (χ0n) is 11.1. The maximum Gasteiger partial charge on any atom is 0.242 e. The molecule has 0 N–H and O–H groups in total. The monoisotopic (exact) mass is 265 g/mol. The lowest BCUT2D eigenvalue weighted by atomic mass is 9.93. The number of hydrogen-bond donors (Lipinski definition) is 0. The maximum absolute atomic E-state index is 11.2. The molecule has 0 saturated heterocycles. The third-order valence-electron chi connectivity index (χ3n) is 2.98. The summed E-state index contributed by atoms with van der Waals surface area (Å²) in [4.78, 5) is 21.3. The molecule has 0 aromatic carbocycles. The number of hydrogen-bond acceptors (Lipinski definition) is 4. The topological polar surface area (TPSA) is 73.3 Å². The van der Waals surface area contributed by atoms with Crippen molar-refractivity contribution in [1.82, 2.24) is 0 Å². The molecule has 0 aliphatic heterocycles. The van der Waals surface area contributed by atoms with Crippen molar-refractivity contribution in [3.8, 4) is 0 Å². The van der Waals surface area contributed by atoms with E-state index in [4.69, 9.17) is 4.42 Å². The molecule has 104 valence electrons. The lowest BCUT2D eigenvalue weighted by molar-refractivity contribution is -0.401. The van der Waals surface area contributed by atoms with Crippen LogP contribution in [0.2, 0.25) is 0 Å². The van der Waals surface area contributed by atoms with Crippen LogP contribution in [0.4, 0.5) is 0 Å². The summed E-state index contributed by atoms with van der Waals surface area (Å²) in [6.45, 7) is 2.11. The zero-order valence-corrected chi connectivity index (χ0v) is 11.1. The Kier molecular flexibility index (Phi) is 6.57. The molecule has 0 aliphatic rings. The van der Waals surface area contributed by atoms with Crippen molar-refractivity contribution in [2.45, 2.75) is 39.0 Å². The van der Waals surface area contributed by atoms with E-state index in [9.17, 15) is 14.9 Å². The van der Waals surface area contributed by atoms with Gasteiger partial charge < -0.3 is 9.21 Å². The number of nitro groups is 1. The molecule has 1 rings (SSSR count). The number of furan rings is 1. The number of rotatable bonds is 9. The van der Waals surface area contributed by atoms with Gasteiger partial charge in [-0.2, -0.15) is 0 Å². The number of allylic oxidation sites excluding steroid dienone is 1. The van der Waals surface area contributed by atoms with Crippen molar-refractivity contribution in [1.29, 1.82) is 0 Å². The van der Waals surface area contributed by atoms with Crippen LogP contribution >= 0.6 is 0 Å². The van der Waals surface area contributed by atoms with E-state index in [1.165, 1.54) is 6.26 Å². The number of nitrogens with zero attached hydrogens (tertiary/aromatic N) is 1. The second-order valence-electron chi connectivity index (χ2n) is 4.44. The van der Waals surface area contributed by atoms with Crippen molar-refractivity contribution in [2.75, 3.05) is 0 Å². The largest absolute Gasteiger partial charge is 0.464 e. The minimum atomic E-state index is -0.541. The first kappa shape index (κ1) is 15.1. The molecule has 0 bridgehead atoms. The molecule has 1 aromatic rings. The molecule has 5 nitrogen and oxygen atoms in total. The van der Waals surface area contributed by atoms with Crippen LogP contribution in [0.1, 0.15) is 44.8 Å². The minimum Gasteiger partial charge on any atom is -0.464 e. The highest BCUT2D eigenvalue weighted by Gasteiger charge is 2.20. The molecule has 1 unspecified atom stereocenters. The van der Waals surface area contributed by atoms with Crippen LogP contribution in [0.5, 0.6) is 0 Å². The summed E-state index contributed by atoms with van der Waals surface area (Å²) in [6.07, 6.45) is 7.84. The summed E-state index contributed by atoms with van der Waals surface area (Å²) in [7, 11) is 0. The maximum atomic E-state index is 11.2. The molecule has 0 radical (unpaired) electrons. The van der Waals surface area contributed by atoms with Gasteiger partial charge in [-0.25, -0.2) is 0 Å². The van der Waals surface area contributed by atoms with Gasteiger partial charge in [0.05, 0.1) is 16.8 Å². The van der Waals surface area contributed by atoms with Gasteiger partial charge in [-0.15, -0.1) is 0 Å². The van der Waals surface area contributed by atoms with E-state index in [2.05, 4.69) is 6.92 Å². The first-order valence-corrected chi connectivity index (χ1v) is 6.53. The second-order valence-corrected chi connectivity index (χ2v) is 4.44. The fourth-order valence-electron chi connectivity index (χ4n) is 1.99. The summed E-state index contributed by atoms with van der Waals surface area (Å²) < 4.78 is 5.18. The number of aldehydes is 1. The summed E-state index contributed by atoms with van der Waals surface area (Å²) in [6, 6.07) is 3.29. The Morgan fingerprint density at radius 1 is 1.47 bits per heavy atom. The normalized spacial score (nSPS) is 13.2. The fourth-order valence-corrected chi connectivity index (χ4v) is 1.99. The van der Waals surface area contributed by atoms with E-state index in [1.807, 2.05) is 0 Å². The van der Waals surface area contributed by atoms with E-state index in [1.54, 1.807) is 12.1 Å². The lowest BCUT2D eigenvalue weighted by Crippen LogP contribution is -2.07. The van der Waals surface area contributed by atoms with Gasteiger partial charge in [0, 0.05) is 5.92 Å². The Hall–Kier alpha value is -1.91. The van der Waals surface area contributed by atoms with Crippen molar-refractivity contribution in [2.24, 2.45) is 5.92 Å². The van der Waals surface area contributed by atoms with Gasteiger partial charge in [-0.3, -0.25) is 10.1 Å². The van der Waals surface area contributed by atoms with Gasteiger partial charge in [0.2, 0.25) is 6.20 Å². The number of unbranched alkanes of at least 4 members (excludes halogenated alkanes) is 3. The quantitative estimate of drug-likeness (QED) is 0.295. The van der Waals surface area contributed by atoms with Gasteiger partial charge in [0.25, 0.3) is 0 Å². The highest BCUT2D eigenvalue weighted by atomic mass is 16.6. The highest BCUT2D eigenvalue weighted by molar-refractivity contribution is 5.77. The fraction of sp³-hybridized carbons (Fsp3) is 0.500. The van der Waals surface area contributed by atoms with Crippen LogP contribution in [0, 0.1) is 16.0 Å². The average molecular weight is 265 g/mol. The molecular formula is C14H19NO4. The van der Waals surface area contributed by atoms with Crippen LogP contribution in [0.3, 0.4) is 0 Å². The minimum absolute atomic E-state index is 0.349. The second kappa shape index (κ2) is 8.24. The predicted octanol–water partition coefficient (Wildman–Crippen LogP) is 3.68. The third kappa shape index (κ3) is 5.07.